The van der Waals surface area contributed by atoms with E-state index in [9.17, 15) is 4.79 Å². The van der Waals surface area contributed by atoms with Crippen molar-refractivity contribution in [3.63, 3.8) is 0 Å². The van der Waals surface area contributed by atoms with Gasteiger partial charge in [0.15, 0.2) is 0 Å². The van der Waals surface area contributed by atoms with Gasteiger partial charge in [-0.2, -0.15) is 0 Å². The molecule has 0 saturated carbocycles. The molecule has 0 spiro atoms. The zero-order valence-corrected chi connectivity index (χ0v) is 12.0. The van der Waals surface area contributed by atoms with Gasteiger partial charge in [-0.1, -0.05) is 0 Å². The molecule has 2 fully saturated rings. The topological polar surface area (TPSA) is 61.5 Å². The molecule has 0 unspecified atom stereocenters. The van der Waals surface area contributed by atoms with Crippen LogP contribution in [0.4, 0.5) is 0 Å². The Bertz CT molecular complexity index is 467. The number of morpholine rings is 1. The van der Waals surface area contributed by atoms with Gasteiger partial charge in [0.25, 0.3) is 0 Å². The number of imidazole rings is 1. The Labute approximate surface area is 119 Å². The van der Waals surface area contributed by atoms with E-state index >= 15 is 0 Å². The summed E-state index contributed by atoms with van der Waals surface area (Å²) < 4.78 is 5.28. The molecule has 2 aliphatic rings. The van der Waals surface area contributed by atoms with Crippen molar-refractivity contribution in [1.29, 1.82) is 0 Å². The van der Waals surface area contributed by atoms with Crippen molar-refractivity contribution in [3.8, 4) is 0 Å². The number of likely N-dealkylation sites (tertiary alicyclic amines) is 1. The second kappa shape index (κ2) is 5.93. The van der Waals surface area contributed by atoms with Gasteiger partial charge in [-0.25, -0.2) is 4.98 Å². The van der Waals surface area contributed by atoms with E-state index in [-0.39, 0.29) is 5.91 Å². The predicted molar refractivity (Wildman–Crippen MR) is 74.5 cm³/mol. The number of aryl methyl sites for hydroxylation is 1. The predicted octanol–water partition coefficient (Wildman–Crippen LogP) is 0.366. The molecular weight excluding hydrogens is 256 g/mol. The lowest BCUT2D eigenvalue weighted by Gasteiger charge is -2.28. The van der Waals surface area contributed by atoms with Crippen molar-refractivity contribution >= 4 is 5.91 Å². The summed E-state index contributed by atoms with van der Waals surface area (Å²) in [6, 6.07) is 0. The average molecular weight is 278 g/mol. The molecule has 0 radical (unpaired) electrons. The molecule has 1 N–H and O–H groups in total. The van der Waals surface area contributed by atoms with Crippen LogP contribution in [0.3, 0.4) is 0 Å². The third kappa shape index (κ3) is 3.02. The lowest BCUT2D eigenvalue weighted by atomic mass is 10.1. The lowest BCUT2D eigenvalue weighted by Crippen LogP contribution is -2.45. The summed E-state index contributed by atoms with van der Waals surface area (Å²) in [5, 5.41) is 0. The number of carbonyl (C=O) groups is 1. The molecule has 0 bridgehead atoms. The van der Waals surface area contributed by atoms with Crippen molar-refractivity contribution in [2.45, 2.75) is 19.3 Å². The van der Waals surface area contributed by atoms with Crippen LogP contribution in [0.15, 0.2) is 6.20 Å². The number of aromatic nitrogens is 2. The Morgan fingerprint density at radius 2 is 2.25 bits per heavy atom. The molecule has 1 atom stereocenters. The normalized spacial score (nSPS) is 24.2. The number of hydrogen-bond donors (Lipinski definition) is 1. The zero-order chi connectivity index (χ0) is 13.9. The minimum absolute atomic E-state index is 0.226. The molecule has 2 aliphatic heterocycles. The summed E-state index contributed by atoms with van der Waals surface area (Å²) in [5.41, 5.74) is 1.10. The number of H-pyrrole nitrogens is 1. The van der Waals surface area contributed by atoms with E-state index in [2.05, 4.69) is 14.9 Å². The quantitative estimate of drug-likeness (QED) is 0.867. The van der Waals surface area contributed by atoms with Crippen molar-refractivity contribution in [3.05, 3.63) is 17.7 Å². The summed E-state index contributed by atoms with van der Waals surface area (Å²) in [6.45, 7) is 7.23. The molecule has 6 nitrogen and oxygen atoms in total. The highest BCUT2D eigenvalue weighted by atomic mass is 16.5. The van der Waals surface area contributed by atoms with Crippen molar-refractivity contribution in [1.82, 2.24) is 19.8 Å². The number of hydrogen-bond acceptors (Lipinski definition) is 4. The van der Waals surface area contributed by atoms with E-state index in [1.807, 2.05) is 18.0 Å². The lowest BCUT2D eigenvalue weighted by molar-refractivity contribution is -0.136. The molecule has 1 aromatic rings. The first-order chi connectivity index (χ1) is 9.72. The Kier molecular flexibility index (Phi) is 4.03. The fourth-order valence-electron chi connectivity index (χ4n) is 2.94. The van der Waals surface area contributed by atoms with Gasteiger partial charge in [-0.3, -0.25) is 9.69 Å². The van der Waals surface area contributed by atoms with Crippen LogP contribution in [0.5, 0.6) is 0 Å². The van der Waals surface area contributed by atoms with E-state index < -0.39 is 0 Å². The van der Waals surface area contributed by atoms with Crippen molar-refractivity contribution in [2.24, 2.45) is 0 Å². The van der Waals surface area contributed by atoms with Gasteiger partial charge in [0.05, 0.1) is 19.8 Å². The number of ether oxygens (including phenoxy) is 1. The summed E-state index contributed by atoms with van der Waals surface area (Å²) in [6.07, 6.45) is 2.94. The fraction of sp³-hybridized carbons (Fsp3) is 0.714. The molecule has 1 amide bonds. The van der Waals surface area contributed by atoms with Gasteiger partial charge >= 0.3 is 0 Å². The number of nitrogens with zero attached hydrogens (tertiary/aromatic N) is 3. The average Bonchev–Trinajstić information content (AvgIpc) is 3.09. The van der Waals surface area contributed by atoms with Crippen molar-refractivity contribution < 1.29 is 9.53 Å². The highest BCUT2D eigenvalue weighted by Crippen LogP contribution is 2.24. The molecule has 0 aromatic carbocycles. The fourth-order valence-corrected chi connectivity index (χ4v) is 2.94. The van der Waals surface area contributed by atoms with Crippen LogP contribution in [0.2, 0.25) is 0 Å². The SMILES string of the molecule is Cc1cnc([C@H]2CCN(CC(=O)N3CCOCC3)C2)[nH]1. The number of amides is 1. The van der Waals surface area contributed by atoms with Gasteiger partial charge in [0.1, 0.15) is 5.82 Å². The third-order valence-electron chi connectivity index (χ3n) is 4.10. The number of nitrogens with one attached hydrogen (secondary N) is 1. The Morgan fingerprint density at radius 1 is 1.45 bits per heavy atom. The van der Waals surface area contributed by atoms with Crippen LogP contribution in [-0.2, 0) is 9.53 Å². The summed E-state index contributed by atoms with van der Waals surface area (Å²) >= 11 is 0. The van der Waals surface area contributed by atoms with Crippen LogP contribution in [-0.4, -0.2) is 71.6 Å². The standard InChI is InChI=1S/C14H22N4O2/c1-11-8-15-14(16-11)12-2-3-17(9-12)10-13(19)18-4-6-20-7-5-18/h8,12H,2-7,9-10H2,1H3,(H,15,16)/t12-/m0/s1. The van der Waals surface area contributed by atoms with E-state index in [4.69, 9.17) is 4.74 Å². The molecule has 3 rings (SSSR count). The smallest absolute Gasteiger partial charge is 0.236 e. The second-order valence-electron chi connectivity index (χ2n) is 5.67. The van der Waals surface area contributed by atoms with Crippen LogP contribution >= 0.6 is 0 Å². The molecule has 110 valence electrons. The van der Waals surface area contributed by atoms with E-state index in [1.165, 1.54) is 0 Å². The highest BCUT2D eigenvalue weighted by Gasteiger charge is 2.28. The minimum atomic E-state index is 0.226. The summed E-state index contributed by atoms with van der Waals surface area (Å²) in [4.78, 5) is 24.1. The number of rotatable bonds is 3. The van der Waals surface area contributed by atoms with Crippen molar-refractivity contribution in [2.75, 3.05) is 45.9 Å². The van der Waals surface area contributed by atoms with Crippen LogP contribution in [0.25, 0.3) is 0 Å². The maximum Gasteiger partial charge on any atom is 0.236 e. The molecule has 6 heteroatoms. The van der Waals surface area contributed by atoms with Gasteiger partial charge in [-0.05, 0) is 19.9 Å². The van der Waals surface area contributed by atoms with Gasteiger partial charge < -0.3 is 14.6 Å². The third-order valence-corrected chi connectivity index (χ3v) is 4.10. The van der Waals surface area contributed by atoms with Gasteiger partial charge in [-0.15, -0.1) is 0 Å². The Morgan fingerprint density at radius 3 is 2.95 bits per heavy atom. The van der Waals surface area contributed by atoms with Crippen LogP contribution in [0.1, 0.15) is 23.9 Å². The Balaban J connectivity index is 1.51. The monoisotopic (exact) mass is 278 g/mol. The molecule has 1 aromatic heterocycles. The highest BCUT2D eigenvalue weighted by molar-refractivity contribution is 5.78. The second-order valence-corrected chi connectivity index (χ2v) is 5.67. The summed E-state index contributed by atoms with van der Waals surface area (Å²) in [7, 11) is 0. The van der Waals surface area contributed by atoms with Gasteiger partial charge in [0, 0.05) is 37.4 Å². The molecule has 2 saturated heterocycles. The largest absolute Gasteiger partial charge is 0.378 e. The number of aromatic amines is 1. The van der Waals surface area contributed by atoms with E-state index in [1.54, 1.807) is 0 Å². The maximum absolute atomic E-state index is 12.2. The van der Waals surface area contributed by atoms with E-state index in [0.29, 0.717) is 25.7 Å². The molecule has 0 aliphatic carbocycles. The molecular formula is C14H22N4O2. The maximum atomic E-state index is 12.2. The van der Waals surface area contributed by atoms with Gasteiger partial charge in [0.2, 0.25) is 5.91 Å². The molecule has 3 heterocycles. The first-order valence-electron chi connectivity index (χ1n) is 7.32. The zero-order valence-electron chi connectivity index (χ0n) is 12.0. The van der Waals surface area contributed by atoms with E-state index in [0.717, 1.165) is 44.1 Å². The van der Waals surface area contributed by atoms with Crippen LogP contribution in [0, 0.1) is 6.92 Å². The first kappa shape index (κ1) is 13.6. The number of carbonyl (C=O) groups excluding carboxylic acids is 1. The van der Waals surface area contributed by atoms with Crippen LogP contribution < -0.4 is 0 Å². The Hall–Kier alpha value is -1.40. The minimum Gasteiger partial charge on any atom is -0.378 e. The summed E-state index contributed by atoms with van der Waals surface area (Å²) in [5.74, 6) is 1.72. The first-order valence-corrected chi connectivity index (χ1v) is 7.32. The molecule has 20 heavy (non-hydrogen) atoms.